The predicted molar refractivity (Wildman–Crippen MR) is 59.0 cm³/mol. The van der Waals surface area contributed by atoms with Gasteiger partial charge in [-0.3, -0.25) is 0 Å². The molecule has 15 heavy (non-hydrogen) atoms. The molecule has 0 amide bonds. The fraction of sp³-hybridized carbons (Fsp3) is 0.154. The molecule has 0 saturated heterocycles. The molecule has 1 nitrogen and oxygen atoms in total. The third-order valence-electron chi connectivity index (χ3n) is 2.42. The van der Waals surface area contributed by atoms with E-state index in [9.17, 15) is 4.39 Å². The van der Waals surface area contributed by atoms with Gasteiger partial charge < -0.3 is 0 Å². The van der Waals surface area contributed by atoms with E-state index in [1.807, 2.05) is 12.1 Å². The molecular weight excluding hydrogens is 189 g/mol. The Bertz CT molecular complexity index is 431. The molecule has 0 fully saturated rings. The fourth-order valence-electron chi connectivity index (χ4n) is 1.48. The lowest BCUT2D eigenvalue weighted by Gasteiger charge is -2.02. The largest absolute Gasteiger partial charge is 0.228 e. The Morgan fingerprint density at radius 2 is 1.67 bits per heavy atom. The number of aryl methyl sites for hydroxylation is 1. The van der Waals surface area contributed by atoms with E-state index in [-0.39, 0.29) is 0 Å². The van der Waals surface area contributed by atoms with Crippen LogP contribution in [0.25, 0.3) is 11.1 Å². The molecule has 0 aliphatic heterocycles. The highest BCUT2D eigenvalue weighted by Crippen LogP contribution is 2.18. The second-order valence-corrected chi connectivity index (χ2v) is 3.42. The minimum atomic E-state index is -0.441. The van der Waals surface area contributed by atoms with Gasteiger partial charge in [0.25, 0.3) is 0 Å². The van der Waals surface area contributed by atoms with Crippen LogP contribution in [-0.4, -0.2) is 4.98 Å². The van der Waals surface area contributed by atoms with Gasteiger partial charge in [0, 0.05) is 11.8 Å². The van der Waals surface area contributed by atoms with Crippen LogP contribution >= 0.6 is 0 Å². The number of hydrogen-bond acceptors (Lipinski definition) is 1. The van der Waals surface area contributed by atoms with Gasteiger partial charge in [-0.15, -0.1) is 0 Å². The van der Waals surface area contributed by atoms with E-state index >= 15 is 0 Å². The molecule has 76 valence electrons. The summed E-state index contributed by atoms with van der Waals surface area (Å²) in [4.78, 5) is 3.63. The first kappa shape index (κ1) is 9.84. The molecule has 1 heterocycles. The van der Waals surface area contributed by atoms with Crippen molar-refractivity contribution in [2.45, 2.75) is 13.3 Å². The number of pyridine rings is 1. The molecule has 0 spiro atoms. The van der Waals surface area contributed by atoms with Gasteiger partial charge in [-0.2, -0.15) is 4.39 Å². The number of benzene rings is 1. The number of aromatic nitrogens is 1. The van der Waals surface area contributed by atoms with Gasteiger partial charge in [0.15, 0.2) is 0 Å². The second kappa shape index (κ2) is 4.22. The van der Waals surface area contributed by atoms with Crippen LogP contribution in [0.5, 0.6) is 0 Å². The molecule has 2 heteroatoms. The average molecular weight is 201 g/mol. The molecule has 0 aliphatic carbocycles. The van der Waals surface area contributed by atoms with Crippen LogP contribution in [0, 0.1) is 5.95 Å². The van der Waals surface area contributed by atoms with Gasteiger partial charge in [-0.1, -0.05) is 31.2 Å². The highest BCUT2D eigenvalue weighted by Gasteiger charge is 1.98. The monoisotopic (exact) mass is 201 g/mol. The summed E-state index contributed by atoms with van der Waals surface area (Å²) >= 11 is 0. The second-order valence-electron chi connectivity index (χ2n) is 3.42. The highest BCUT2D eigenvalue weighted by molar-refractivity contribution is 5.62. The summed E-state index contributed by atoms with van der Waals surface area (Å²) in [6.07, 6.45) is 2.58. The van der Waals surface area contributed by atoms with E-state index in [1.165, 1.54) is 11.6 Å². The van der Waals surface area contributed by atoms with Crippen LogP contribution in [0.4, 0.5) is 4.39 Å². The summed E-state index contributed by atoms with van der Waals surface area (Å²) in [5.74, 6) is -0.441. The molecule has 2 rings (SSSR count). The van der Waals surface area contributed by atoms with E-state index in [4.69, 9.17) is 0 Å². The van der Waals surface area contributed by atoms with Crippen molar-refractivity contribution in [1.82, 2.24) is 4.98 Å². The maximum Gasteiger partial charge on any atom is 0.212 e. The zero-order valence-corrected chi connectivity index (χ0v) is 8.57. The summed E-state index contributed by atoms with van der Waals surface area (Å²) in [5.41, 5.74) is 3.31. The fourth-order valence-corrected chi connectivity index (χ4v) is 1.48. The van der Waals surface area contributed by atoms with Crippen LogP contribution in [0.3, 0.4) is 0 Å². The maximum atomic E-state index is 12.6. The summed E-state index contributed by atoms with van der Waals surface area (Å²) < 4.78 is 12.6. The number of hydrogen-bond donors (Lipinski definition) is 0. The normalized spacial score (nSPS) is 10.3. The lowest BCUT2D eigenvalue weighted by atomic mass is 10.0. The van der Waals surface area contributed by atoms with Crippen LogP contribution in [0.15, 0.2) is 42.6 Å². The number of halogens is 1. The van der Waals surface area contributed by atoms with Gasteiger partial charge in [0.05, 0.1) is 0 Å². The molecule has 2 aromatic rings. The quantitative estimate of drug-likeness (QED) is 0.678. The van der Waals surface area contributed by atoms with E-state index in [1.54, 1.807) is 12.3 Å². The van der Waals surface area contributed by atoms with Crippen molar-refractivity contribution >= 4 is 0 Å². The van der Waals surface area contributed by atoms with Crippen LogP contribution < -0.4 is 0 Å². The molecule has 0 N–H and O–H groups in total. The first-order chi connectivity index (χ1) is 7.29. The molecule has 0 saturated carbocycles. The van der Waals surface area contributed by atoms with Gasteiger partial charge >= 0.3 is 0 Å². The third-order valence-corrected chi connectivity index (χ3v) is 2.42. The smallest absolute Gasteiger partial charge is 0.212 e. The Balaban J connectivity index is 2.33. The van der Waals surface area contributed by atoms with Crippen molar-refractivity contribution in [1.29, 1.82) is 0 Å². The third kappa shape index (κ3) is 2.21. The standard InChI is InChI=1S/C13H12FN/c1-2-10-3-5-11(6-4-10)12-7-8-13(14)15-9-12/h3-9H,2H2,1H3. The molecule has 0 radical (unpaired) electrons. The van der Waals surface area contributed by atoms with Crippen molar-refractivity contribution in [2.24, 2.45) is 0 Å². The summed E-state index contributed by atoms with van der Waals surface area (Å²) in [6.45, 7) is 2.12. The molecule has 0 atom stereocenters. The van der Waals surface area contributed by atoms with Crippen molar-refractivity contribution in [3.63, 3.8) is 0 Å². The summed E-state index contributed by atoms with van der Waals surface area (Å²) in [7, 11) is 0. The summed E-state index contributed by atoms with van der Waals surface area (Å²) in [5, 5.41) is 0. The SMILES string of the molecule is CCc1ccc(-c2ccc(F)nc2)cc1. The molecule has 1 aromatic carbocycles. The maximum absolute atomic E-state index is 12.6. The van der Waals surface area contributed by atoms with Crippen molar-refractivity contribution in [2.75, 3.05) is 0 Å². The van der Waals surface area contributed by atoms with E-state index in [0.29, 0.717) is 0 Å². The predicted octanol–water partition coefficient (Wildman–Crippen LogP) is 3.45. The minimum Gasteiger partial charge on any atom is -0.228 e. The Morgan fingerprint density at radius 1 is 1.00 bits per heavy atom. The highest BCUT2D eigenvalue weighted by atomic mass is 19.1. The lowest BCUT2D eigenvalue weighted by Crippen LogP contribution is -1.84. The topological polar surface area (TPSA) is 12.9 Å². The average Bonchev–Trinajstić information content (AvgIpc) is 2.30. The van der Waals surface area contributed by atoms with Crippen molar-refractivity contribution in [3.05, 3.63) is 54.1 Å². The molecule has 0 aliphatic rings. The Hall–Kier alpha value is -1.70. The van der Waals surface area contributed by atoms with Crippen molar-refractivity contribution in [3.8, 4) is 11.1 Å². The molecular formula is C13H12FN. The number of rotatable bonds is 2. The number of nitrogens with zero attached hydrogens (tertiary/aromatic N) is 1. The molecule has 1 aromatic heterocycles. The van der Waals surface area contributed by atoms with Crippen LogP contribution in [0.1, 0.15) is 12.5 Å². The first-order valence-corrected chi connectivity index (χ1v) is 5.00. The van der Waals surface area contributed by atoms with Gasteiger partial charge in [-0.05, 0) is 29.7 Å². The lowest BCUT2D eigenvalue weighted by molar-refractivity contribution is 0.584. The summed E-state index contributed by atoms with van der Waals surface area (Å²) in [6, 6.07) is 11.4. The van der Waals surface area contributed by atoms with E-state index in [2.05, 4.69) is 24.0 Å². The Labute approximate surface area is 88.6 Å². The molecule has 0 unspecified atom stereocenters. The van der Waals surface area contributed by atoms with Gasteiger partial charge in [0.2, 0.25) is 5.95 Å². The molecule has 0 bridgehead atoms. The van der Waals surface area contributed by atoms with Crippen LogP contribution in [0.2, 0.25) is 0 Å². The zero-order valence-electron chi connectivity index (χ0n) is 8.57. The zero-order chi connectivity index (χ0) is 10.7. The first-order valence-electron chi connectivity index (χ1n) is 5.00. The Morgan fingerprint density at radius 3 is 2.20 bits per heavy atom. The van der Waals surface area contributed by atoms with Gasteiger partial charge in [0.1, 0.15) is 0 Å². The van der Waals surface area contributed by atoms with E-state index in [0.717, 1.165) is 17.5 Å². The van der Waals surface area contributed by atoms with Gasteiger partial charge in [-0.25, -0.2) is 4.98 Å². The Kier molecular flexibility index (Phi) is 2.77. The van der Waals surface area contributed by atoms with Crippen LogP contribution in [-0.2, 0) is 6.42 Å². The minimum absolute atomic E-state index is 0.441. The van der Waals surface area contributed by atoms with E-state index < -0.39 is 5.95 Å². The van der Waals surface area contributed by atoms with Crippen molar-refractivity contribution < 1.29 is 4.39 Å².